The first-order valence-electron chi connectivity index (χ1n) is 9.88. The van der Waals surface area contributed by atoms with E-state index in [2.05, 4.69) is 30.9 Å². The Labute approximate surface area is 168 Å². The van der Waals surface area contributed by atoms with Crippen molar-refractivity contribution < 1.29 is 9.53 Å². The summed E-state index contributed by atoms with van der Waals surface area (Å²) in [5, 5.41) is 3.45. The van der Waals surface area contributed by atoms with E-state index < -0.39 is 0 Å². The van der Waals surface area contributed by atoms with Gasteiger partial charge in [-0.3, -0.25) is 4.79 Å². The summed E-state index contributed by atoms with van der Waals surface area (Å²) in [6.07, 6.45) is 2.26. The number of likely N-dealkylation sites (tertiary alicyclic amines) is 1. The number of nitrogens with zero attached hydrogens (tertiary/aromatic N) is 2. The lowest BCUT2D eigenvalue weighted by atomic mass is 9.98. The number of allylic oxidation sites excluding steroid dienone is 1. The van der Waals surface area contributed by atoms with E-state index in [1.165, 1.54) is 5.56 Å². The molecule has 1 N–H and O–H groups in total. The van der Waals surface area contributed by atoms with E-state index in [0.717, 1.165) is 29.7 Å². The topological polar surface area (TPSA) is 53.9 Å². The molecular formula is C23H31N3O2. The van der Waals surface area contributed by atoms with Gasteiger partial charge in [0.1, 0.15) is 17.7 Å². The standard InChI is InChI=1S/C23H31N3O2/c1-15(2)20(17(4)21(24-6)25-23(5)11-12-23)22(27)26-13-19(14-26)28-18-9-7-16(3)8-10-18/h7-10,19,25H,6,11-14H2,1-5H3/b21-17-. The Kier molecular flexibility index (Phi) is 5.64. The third-order valence-corrected chi connectivity index (χ3v) is 5.48. The molecule has 5 nitrogen and oxygen atoms in total. The first kappa shape index (κ1) is 20.2. The summed E-state index contributed by atoms with van der Waals surface area (Å²) >= 11 is 0. The number of nitrogens with one attached hydrogen (secondary N) is 1. The van der Waals surface area contributed by atoms with E-state index in [0.29, 0.717) is 24.5 Å². The Morgan fingerprint density at radius 1 is 1.21 bits per heavy atom. The summed E-state index contributed by atoms with van der Waals surface area (Å²) in [6.45, 7) is 15.0. The number of carbonyl (C=O) groups is 1. The molecule has 2 fully saturated rings. The molecule has 3 rings (SSSR count). The Morgan fingerprint density at radius 2 is 1.82 bits per heavy atom. The summed E-state index contributed by atoms with van der Waals surface area (Å²) in [7, 11) is 0. The number of rotatable bonds is 7. The van der Waals surface area contributed by atoms with Gasteiger partial charge < -0.3 is 15.0 Å². The molecule has 1 saturated heterocycles. The summed E-state index contributed by atoms with van der Waals surface area (Å²) in [5.74, 6) is 1.59. The number of benzene rings is 1. The van der Waals surface area contributed by atoms with Crippen LogP contribution in [0.2, 0.25) is 0 Å². The summed E-state index contributed by atoms with van der Waals surface area (Å²) in [6, 6.07) is 8.01. The first-order valence-corrected chi connectivity index (χ1v) is 9.88. The molecule has 1 aromatic carbocycles. The molecule has 1 aliphatic carbocycles. The number of aliphatic imine (C=N–C) groups is 1. The minimum Gasteiger partial charge on any atom is -0.487 e. The van der Waals surface area contributed by atoms with Crippen molar-refractivity contribution in [3.8, 4) is 5.75 Å². The van der Waals surface area contributed by atoms with Crippen molar-refractivity contribution in [2.45, 2.75) is 59.1 Å². The van der Waals surface area contributed by atoms with Crippen LogP contribution in [0.1, 0.15) is 46.1 Å². The fraction of sp³-hybridized carbons (Fsp3) is 0.478. The van der Waals surface area contributed by atoms with Crippen LogP contribution in [0.5, 0.6) is 5.75 Å². The second-order valence-corrected chi connectivity index (χ2v) is 8.46. The Hall–Kier alpha value is -2.56. The highest BCUT2D eigenvalue weighted by Gasteiger charge is 2.39. The number of ether oxygens (including phenoxy) is 1. The van der Waals surface area contributed by atoms with Gasteiger partial charge in [-0.15, -0.1) is 0 Å². The van der Waals surface area contributed by atoms with Gasteiger partial charge in [-0.1, -0.05) is 23.3 Å². The van der Waals surface area contributed by atoms with Gasteiger partial charge in [0.2, 0.25) is 0 Å². The third-order valence-electron chi connectivity index (χ3n) is 5.48. The summed E-state index contributed by atoms with van der Waals surface area (Å²) in [4.78, 5) is 19.1. The van der Waals surface area contributed by atoms with Gasteiger partial charge in [0.05, 0.1) is 13.1 Å². The summed E-state index contributed by atoms with van der Waals surface area (Å²) in [5.41, 5.74) is 3.84. The largest absolute Gasteiger partial charge is 0.487 e. The van der Waals surface area contributed by atoms with Gasteiger partial charge in [-0.25, -0.2) is 4.99 Å². The highest BCUT2D eigenvalue weighted by Crippen LogP contribution is 2.36. The minimum absolute atomic E-state index is 0.0326. The highest BCUT2D eigenvalue weighted by atomic mass is 16.5. The van der Waals surface area contributed by atoms with Crippen molar-refractivity contribution in [3.05, 3.63) is 52.4 Å². The van der Waals surface area contributed by atoms with Gasteiger partial charge in [-0.05, 0) is 66.3 Å². The lowest BCUT2D eigenvalue weighted by Crippen LogP contribution is -2.56. The van der Waals surface area contributed by atoms with Gasteiger partial charge in [0, 0.05) is 16.7 Å². The zero-order valence-corrected chi connectivity index (χ0v) is 17.6. The maximum Gasteiger partial charge on any atom is 0.254 e. The molecule has 1 aliphatic heterocycles. The van der Waals surface area contributed by atoms with E-state index in [1.807, 2.05) is 49.9 Å². The maximum atomic E-state index is 13.1. The molecule has 1 aromatic rings. The molecule has 1 saturated carbocycles. The van der Waals surface area contributed by atoms with Crippen LogP contribution in [-0.4, -0.2) is 42.3 Å². The van der Waals surface area contributed by atoms with Crippen LogP contribution in [0.15, 0.2) is 51.8 Å². The van der Waals surface area contributed by atoms with E-state index in [9.17, 15) is 4.79 Å². The number of carbonyl (C=O) groups excluding carboxylic acids is 1. The van der Waals surface area contributed by atoms with Crippen LogP contribution in [0.4, 0.5) is 0 Å². The quantitative estimate of drug-likeness (QED) is 0.441. The normalized spacial score (nSPS) is 18.5. The SMILES string of the molecule is C=N/C(NC1(C)CC1)=C(\C)C(C(=O)N1CC(Oc2ccc(C)cc2)C1)=C(C)C. The average Bonchev–Trinajstić information content (AvgIpc) is 3.34. The molecule has 0 aromatic heterocycles. The molecule has 150 valence electrons. The molecule has 0 unspecified atom stereocenters. The lowest BCUT2D eigenvalue weighted by molar-refractivity contribution is -0.135. The van der Waals surface area contributed by atoms with Crippen LogP contribution in [0, 0.1) is 6.92 Å². The fourth-order valence-electron chi connectivity index (χ4n) is 3.36. The number of hydrogen-bond donors (Lipinski definition) is 1. The van der Waals surface area contributed by atoms with Gasteiger partial charge >= 0.3 is 0 Å². The number of hydrogen-bond acceptors (Lipinski definition) is 4. The van der Waals surface area contributed by atoms with Gasteiger partial charge in [-0.2, -0.15) is 0 Å². The molecule has 0 bridgehead atoms. The van der Waals surface area contributed by atoms with Crippen LogP contribution in [0.3, 0.4) is 0 Å². The highest BCUT2D eigenvalue weighted by molar-refractivity contribution is 5.99. The van der Waals surface area contributed by atoms with Crippen LogP contribution < -0.4 is 10.1 Å². The van der Waals surface area contributed by atoms with Crippen molar-refractivity contribution in [3.63, 3.8) is 0 Å². The Morgan fingerprint density at radius 3 is 2.32 bits per heavy atom. The van der Waals surface area contributed by atoms with Crippen molar-refractivity contribution >= 4 is 12.6 Å². The molecule has 0 atom stereocenters. The molecule has 1 amide bonds. The van der Waals surface area contributed by atoms with E-state index in [4.69, 9.17) is 4.74 Å². The lowest BCUT2D eigenvalue weighted by Gasteiger charge is -2.39. The predicted molar refractivity (Wildman–Crippen MR) is 114 cm³/mol. The zero-order valence-electron chi connectivity index (χ0n) is 17.6. The van der Waals surface area contributed by atoms with Crippen LogP contribution in [-0.2, 0) is 4.79 Å². The van der Waals surface area contributed by atoms with Crippen molar-refractivity contribution in [2.75, 3.05) is 13.1 Å². The Bertz CT molecular complexity index is 822. The smallest absolute Gasteiger partial charge is 0.254 e. The fourth-order valence-corrected chi connectivity index (χ4v) is 3.36. The summed E-state index contributed by atoms with van der Waals surface area (Å²) < 4.78 is 5.97. The van der Waals surface area contributed by atoms with E-state index >= 15 is 0 Å². The Balaban J connectivity index is 1.67. The molecule has 2 aliphatic rings. The van der Waals surface area contributed by atoms with Crippen molar-refractivity contribution in [2.24, 2.45) is 4.99 Å². The minimum atomic E-state index is 0.0326. The molecule has 0 spiro atoms. The van der Waals surface area contributed by atoms with Crippen molar-refractivity contribution in [1.82, 2.24) is 10.2 Å². The number of aryl methyl sites for hydroxylation is 1. The first-order chi connectivity index (χ1) is 13.2. The number of amides is 1. The van der Waals surface area contributed by atoms with Crippen LogP contribution in [0.25, 0.3) is 0 Å². The predicted octanol–water partition coefficient (Wildman–Crippen LogP) is 4.00. The maximum absolute atomic E-state index is 13.1. The molecule has 0 radical (unpaired) electrons. The molecule has 28 heavy (non-hydrogen) atoms. The van der Waals surface area contributed by atoms with Crippen LogP contribution >= 0.6 is 0 Å². The molecule has 5 heteroatoms. The molecule has 1 heterocycles. The zero-order chi connectivity index (χ0) is 20.5. The molecular weight excluding hydrogens is 350 g/mol. The van der Waals surface area contributed by atoms with Gasteiger partial charge in [0.15, 0.2) is 0 Å². The average molecular weight is 382 g/mol. The van der Waals surface area contributed by atoms with Gasteiger partial charge in [0.25, 0.3) is 5.91 Å². The second kappa shape index (κ2) is 7.82. The second-order valence-electron chi connectivity index (χ2n) is 8.46. The van der Waals surface area contributed by atoms with Crippen molar-refractivity contribution in [1.29, 1.82) is 0 Å². The third kappa shape index (κ3) is 4.46. The van der Waals surface area contributed by atoms with E-state index in [-0.39, 0.29) is 17.6 Å². The monoisotopic (exact) mass is 381 g/mol. The van der Waals surface area contributed by atoms with E-state index in [1.54, 1.807) is 0 Å².